The van der Waals surface area contributed by atoms with Crippen LogP contribution in [0.25, 0.3) is 0 Å². The van der Waals surface area contributed by atoms with E-state index in [0.717, 1.165) is 22.6 Å². The molecule has 0 spiro atoms. The molecule has 2 nitrogen and oxygen atoms in total. The number of rotatable bonds is 3. The molecule has 0 fully saturated rings. The van der Waals surface area contributed by atoms with Crippen molar-refractivity contribution in [2.24, 2.45) is 0 Å². The van der Waals surface area contributed by atoms with E-state index in [1.807, 2.05) is 31.2 Å². The summed E-state index contributed by atoms with van der Waals surface area (Å²) in [6.45, 7) is 2.02. The van der Waals surface area contributed by atoms with Gasteiger partial charge >= 0.3 is 0 Å². The van der Waals surface area contributed by atoms with E-state index < -0.39 is 0 Å². The number of benzene rings is 1. The van der Waals surface area contributed by atoms with E-state index in [9.17, 15) is 0 Å². The van der Waals surface area contributed by atoms with Crippen molar-refractivity contribution in [3.63, 3.8) is 0 Å². The number of nitrogens with zero attached hydrogens (tertiary/aromatic N) is 1. The molecule has 88 valence electrons. The first-order chi connectivity index (χ1) is 8.15. The first kappa shape index (κ1) is 12.3. The van der Waals surface area contributed by atoms with Crippen LogP contribution in [0.5, 0.6) is 0 Å². The topological polar surface area (TPSA) is 38.9 Å². The largest absolute Gasteiger partial charge is 0.399 e. The normalized spacial score (nSPS) is 10.5. The lowest BCUT2D eigenvalue weighted by molar-refractivity contribution is 1.25. The minimum atomic E-state index is 0.530. The average Bonchev–Trinajstić information content (AvgIpc) is 2.33. The molecule has 0 saturated carbocycles. The Morgan fingerprint density at radius 3 is 2.76 bits per heavy atom. The van der Waals surface area contributed by atoms with Crippen LogP contribution in [-0.4, -0.2) is 4.98 Å². The van der Waals surface area contributed by atoms with Crippen molar-refractivity contribution >= 4 is 29.1 Å². The fourth-order valence-corrected chi connectivity index (χ4v) is 2.44. The van der Waals surface area contributed by atoms with Gasteiger partial charge in [0.15, 0.2) is 0 Å². The highest BCUT2D eigenvalue weighted by Crippen LogP contribution is 2.25. The summed E-state index contributed by atoms with van der Waals surface area (Å²) in [4.78, 5) is 5.27. The Morgan fingerprint density at radius 1 is 1.29 bits per heavy atom. The lowest BCUT2D eigenvalue weighted by Crippen LogP contribution is -1.89. The second kappa shape index (κ2) is 5.43. The number of aromatic nitrogens is 1. The number of hydrogen-bond donors (Lipinski definition) is 1. The number of thioether (sulfide) groups is 1. The van der Waals surface area contributed by atoms with Crippen LogP contribution >= 0.6 is 23.4 Å². The highest BCUT2D eigenvalue weighted by Gasteiger charge is 1.99. The van der Waals surface area contributed by atoms with Crippen molar-refractivity contribution in [1.82, 2.24) is 4.98 Å². The van der Waals surface area contributed by atoms with Crippen LogP contribution < -0.4 is 5.73 Å². The molecule has 17 heavy (non-hydrogen) atoms. The number of nitrogen functional groups attached to an aromatic ring is 1. The number of pyridine rings is 1. The molecule has 2 aromatic rings. The number of halogens is 1. The molecule has 0 unspecified atom stereocenters. The van der Waals surface area contributed by atoms with Gasteiger partial charge in [-0.05, 0) is 42.3 Å². The molecule has 0 saturated heterocycles. The maximum Gasteiger partial charge on any atom is 0.129 e. The highest BCUT2D eigenvalue weighted by atomic mass is 35.5. The maximum atomic E-state index is 5.78. The van der Waals surface area contributed by atoms with E-state index in [1.54, 1.807) is 18.0 Å². The highest BCUT2D eigenvalue weighted by molar-refractivity contribution is 7.98. The number of hydrogen-bond acceptors (Lipinski definition) is 3. The fourth-order valence-electron chi connectivity index (χ4n) is 1.40. The van der Waals surface area contributed by atoms with Gasteiger partial charge < -0.3 is 5.73 Å². The zero-order valence-electron chi connectivity index (χ0n) is 9.48. The quantitative estimate of drug-likeness (QED) is 0.519. The molecular formula is C13H13ClN2S. The Balaban J connectivity index is 2.02. The second-order valence-corrected chi connectivity index (χ2v) is 5.23. The van der Waals surface area contributed by atoms with Gasteiger partial charge in [-0.2, -0.15) is 0 Å². The van der Waals surface area contributed by atoms with Crippen molar-refractivity contribution in [2.45, 2.75) is 17.6 Å². The summed E-state index contributed by atoms with van der Waals surface area (Å²) < 4.78 is 0. The van der Waals surface area contributed by atoms with Gasteiger partial charge in [0.25, 0.3) is 0 Å². The molecule has 0 bridgehead atoms. The minimum absolute atomic E-state index is 0.530. The van der Waals surface area contributed by atoms with E-state index in [1.165, 1.54) is 4.90 Å². The predicted octanol–water partition coefficient (Wildman–Crippen LogP) is 3.92. The van der Waals surface area contributed by atoms with Crippen molar-refractivity contribution in [2.75, 3.05) is 5.73 Å². The fraction of sp³-hybridized carbons (Fsp3) is 0.154. The van der Waals surface area contributed by atoms with E-state index >= 15 is 0 Å². The average molecular weight is 265 g/mol. The predicted molar refractivity (Wildman–Crippen MR) is 74.4 cm³/mol. The molecule has 1 aromatic carbocycles. The molecule has 0 aliphatic heterocycles. The molecule has 0 aliphatic carbocycles. The molecule has 1 aromatic heterocycles. The Morgan fingerprint density at radius 2 is 2.12 bits per heavy atom. The van der Waals surface area contributed by atoms with Gasteiger partial charge in [0.1, 0.15) is 5.15 Å². The molecule has 0 atom stereocenters. The molecule has 4 heteroatoms. The van der Waals surface area contributed by atoms with Crippen molar-refractivity contribution < 1.29 is 0 Å². The Labute approximate surface area is 110 Å². The summed E-state index contributed by atoms with van der Waals surface area (Å²) in [6.07, 6.45) is 1.81. The lowest BCUT2D eigenvalue weighted by Gasteiger charge is -2.05. The minimum Gasteiger partial charge on any atom is -0.399 e. The molecule has 0 aliphatic rings. The van der Waals surface area contributed by atoms with E-state index in [0.29, 0.717) is 5.15 Å². The zero-order chi connectivity index (χ0) is 12.3. The monoisotopic (exact) mass is 264 g/mol. The van der Waals surface area contributed by atoms with Gasteiger partial charge in [0.2, 0.25) is 0 Å². The van der Waals surface area contributed by atoms with Crippen molar-refractivity contribution in [1.29, 1.82) is 0 Å². The van der Waals surface area contributed by atoms with Gasteiger partial charge in [0, 0.05) is 22.5 Å². The maximum absolute atomic E-state index is 5.78. The summed E-state index contributed by atoms with van der Waals surface area (Å²) in [6, 6.07) is 9.88. The van der Waals surface area contributed by atoms with Gasteiger partial charge in [-0.3, -0.25) is 0 Å². The summed E-state index contributed by atoms with van der Waals surface area (Å²) in [7, 11) is 0. The number of anilines is 1. The van der Waals surface area contributed by atoms with E-state index in [-0.39, 0.29) is 0 Å². The third-order valence-electron chi connectivity index (χ3n) is 2.44. The third-order valence-corrected chi connectivity index (χ3v) is 3.72. The van der Waals surface area contributed by atoms with Gasteiger partial charge in [-0.1, -0.05) is 17.7 Å². The molecular weight excluding hydrogens is 252 g/mol. The molecule has 2 N–H and O–H groups in total. The van der Waals surface area contributed by atoms with Gasteiger partial charge in [-0.15, -0.1) is 11.8 Å². The molecule has 2 rings (SSSR count). The number of nitrogens with two attached hydrogens (primary N) is 1. The van der Waals surface area contributed by atoms with Crippen LogP contribution in [0.1, 0.15) is 11.1 Å². The molecule has 1 heterocycles. The Hall–Kier alpha value is -1.19. The van der Waals surface area contributed by atoms with Crippen LogP contribution in [0.2, 0.25) is 5.15 Å². The Bertz CT molecular complexity index is 511. The third kappa shape index (κ3) is 3.38. The lowest BCUT2D eigenvalue weighted by atomic mass is 10.2. The van der Waals surface area contributed by atoms with Gasteiger partial charge in [-0.25, -0.2) is 4.98 Å². The van der Waals surface area contributed by atoms with Crippen LogP contribution in [0.3, 0.4) is 0 Å². The standard InChI is InChI=1S/C13H13ClN2S/c1-9-6-11(3-4-12(9)15)17-8-10-2-5-13(14)16-7-10/h2-7H,8,15H2,1H3. The van der Waals surface area contributed by atoms with Crippen LogP contribution in [-0.2, 0) is 5.75 Å². The molecule has 0 amide bonds. The summed E-state index contributed by atoms with van der Waals surface area (Å²) >= 11 is 7.50. The van der Waals surface area contributed by atoms with Crippen LogP contribution in [0.15, 0.2) is 41.4 Å². The Kier molecular flexibility index (Phi) is 3.92. The van der Waals surface area contributed by atoms with Crippen LogP contribution in [0, 0.1) is 6.92 Å². The SMILES string of the molecule is Cc1cc(SCc2ccc(Cl)nc2)ccc1N. The zero-order valence-corrected chi connectivity index (χ0v) is 11.1. The number of aryl methyl sites for hydroxylation is 1. The van der Waals surface area contributed by atoms with E-state index in [2.05, 4.69) is 11.1 Å². The summed E-state index contributed by atoms with van der Waals surface area (Å²) in [5, 5.41) is 0.530. The second-order valence-electron chi connectivity index (χ2n) is 3.80. The first-order valence-electron chi connectivity index (χ1n) is 5.24. The van der Waals surface area contributed by atoms with Crippen molar-refractivity contribution in [3.05, 3.63) is 52.8 Å². The van der Waals surface area contributed by atoms with E-state index in [4.69, 9.17) is 17.3 Å². The first-order valence-corrected chi connectivity index (χ1v) is 6.61. The molecule has 0 radical (unpaired) electrons. The van der Waals surface area contributed by atoms with Gasteiger partial charge in [0.05, 0.1) is 0 Å². The summed E-state index contributed by atoms with van der Waals surface area (Å²) in [5.41, 5.74) is 8.89. The van der Waals surface area contributed by atoms with Crippen LogP contribution in [0.4, 0.5) is 5.69 Å². The smallest absolute Gasteiger partial charge is 0.129 e. The van der Waals surface area contributed by atoms with Crippen molar-refractivity contribution in [3.8, 4) is 0 Å². The summed E-state index contributed by atoms with van der Waals surface area (Å²) in [5.74, 6) is 0.882.